The molecule has 0 aliphatic carbocycles. The lowest BCUT2D eigenvalue weighted by atomic mass is 10.0. The van der Waals surface area contributed by atoms with Gasteiger partial charge in [0.1, 0.15) is 17.5 Å². The van der Waals surface area contributed by atoms with Crippen LogP contribution in [0.2, 0.25) is 5.02 Å². The molecule has 0 radical (unpaired) electrons. The number of nitrogens with zero attached hydrogens (tertiary/aromatic N) is 3. The predicted molar refractivity (Wildman–Crippen MR) is 136 cm³/mol. The van der Waals surface area contributed by atoms with Gasteiger partial charge in [-0.15, -0.1) is 0 Å². The number of aliphatic hydroxyl groups excluding tert-OH is 2. The Labute approximate surface area is 218 Å². The molecule has 200 valence electrons. The molecule has 3 atom stereocenters. The van der Waals surface area contributed by atoms with E-state index in [1.165, 1.54) is 21.5 Å². The van der Waals surface area contributed by atoms with Gasteiger partial charge in [0.2, 0.25) is 5.91 Å². The van der Waals surface area contributed by atoms with E-state index in [0.29, 0.717) is 22.9 Å². The third-order valence-electron chi connectivity index (χ3n) is 5.44. The molecule has 0 bridgehead atoms. The van der Waals surface area contributed by atoms with E-state index in [-0.39, 0.29) is 30.6 Å². The maximum absolute atomic E-state index is 13.2. The number of aromatic nitrogens is 3. The summed E-state index contributed by atoms with van der Waals surface area (Å²) < 4.78 is 8.58. The molecule has 0 aliphatic heterocycles. The number of anilines is 1. The van der Waals surface area contributed by atoms with Crippen LogP contribution >= 0.6 is 11.6 Å². The average molecular weight is 535 g/mol. The van der Waals surface area contributed by atoms with E-state index in [4.69, 9.17) is 21.4 Å². The lowest BCUT2D eigenvalue weighted by Gasteiger charge is -2.20. The first-order valence-corrected chi connectivity index (χ1v) is 12.1. The normalized spacial score (nSPS) is 13.8. The van der Waals surface area contributed by atoms with Gasteiger partial charge >= 0.3 is 5.97 Å². The Morgan fingerprint density at radius 2 is 1.86 bits per heavy atom. The number of carboxylic acids is 1. The molecule has 0 aliphatic rings. The monoisotopic (exact) mass is 534 g/mol. The Balaban J connectivity index is 1.69. The Morgan fingerprint density at radius 1 is 1.14 bits per heavy atom. The summed E-state index contributed by atoms with van der Waals surface area (Å²) in [7, 11) is 0. The van der Waals surface area contributed by atoms with E-state index in [2.05, 4.69) is 10.4 Å². The second kappa shape index (κ2) is 12.6. The van der Waals surface area contributed by atoms with E-state index in [1.54, 1.807) is 36.5 Å². The van der Waals surface area contributed by atoms with Crippen LogP contribution in [0.15, 0.2) is 48.8 Å². The van der Waals surface area contributed by atoms with Gasteiger partial charge in [-0.05, 0) is 24.5 Å². The number of carbonyl (C=O) groups excluding carboxylic acids is 1. The summed E-state index contributed by atoms with van der Waals surface area (Å²) in [6, 6.07) is 9.08. The van der Waals surface area contributed by atoms with Gasteiger partial charge in [-0.3, -0.25) is 14.3 Å². The lowest BCUT2D eigenvalue weighted by molar-refractivity contribution is -0.139. The van der Waals surface area contributed by atoms with Crippen LogP contribution < -0.4 is 10.1 Å². The van der Waals surface area contributed by atoms with E-state index in [0.717, 1.165) is 0 Å². The van der Waals surface area contributed by atoms with Crippen molar-refractivity contribution in [2.75, 3.05) is 5.32 Å². The highest BCUT2D eigenvalue weighted by Gasteiger charge is 2.26. The molecule has 5 N–H and O–H groups in total. The fourth-order valence-corrected chi connectivity index (χ4v) is 4.00. The third kappa shape index (κ3) is 8.24. The molecule has 0 fully saturated rings. The highest BCUT2D eigenvalue weighted by atomic mass is 35.5. The van der Waals surface area contributed by atoms with Gasteiger partial charge in [-0.2, -0.15) is 5.10 Å². The molecule has 12 heteroatoms. The Bertz CT molecular complexity index is 1210. The SMILES string of the molecule is CC(C)C[C@@H](C(=O)Nc1ccn(C[C@@H](O)C[C@@H](O)CC(=O)O)n1)n1cc(Oc2ccccc2Cl)cc1O. The molecule has 11 nitrogen and oxygen atoms in total. The minimum Gasteiger partial charge on any atom is -0.494 e. The maximum atomic E-state index is 13.2. The number of halogens is 1. The van der Waals surface area contributed by atoms with Crippen LogP contribution in [-0.4, -0.2) is 58.9 Å². The van der Waals surface area contributed by atoms with Gasteiger partial charge in [0.15, 0.2) is 11.7 Å². The molecule has 0 saturated heterocycles. The van der Waals surface area contributed by atoms with E-state index >= 15 is 0 Å². The van der Waals surface area contributed by atoms with E-state index in [9.17, 15) is 24.9 Å². The van der Waals surface area contributed by atoms with Gasteiger partial charge in [0.05, 0.1) is 36.4 Å². The number of carbonyl (C=O) groups is 2. The summed E-state index contributed by atoms with van der Waals surface area (Å²) in [4.78, 5) is 23.9. The van der Waals surface area contributed by atoms with Crippen molar-refractivity contribution in [2.24, 2.45) is 5.92 Å². The number of hydrogen-bond donors (Lipinski definition) is 5. The maximum Gasteiger partial charge on any atom is 0.305 e. The molecule has 2 heterocycles. The smallest absolute Gasteiger partial charge is 0.305 e. The van der Waals surface area contributed by atoms with Crippen molar-refractivity contribution in [1.82, 2.24) is 14.3 Å². The number of para-hydroxylation sites is 1. The number of benzene rings is 1. The van der Waals surface area contributed by atoms with Crippen molar-refractivity contribution in [3.63, 3.8) is 0 Å². The Morgan fingerprint density at radius 3 is 2.54 bits per heavy atom. The van der Waals surface area contributed by atoms with E-state index in [1.807, 2.05) is 13.8 Å². The highest BCUT2D eigenvalue weighted by molar-refractivity contribution is 6.32. The summed E-state index contributed by atoms with van der Waals surface area (Å²) >= 11 is 6.15. The van der Waals surface area contributed by atoms with Crippen molar-refractivity contribution in [3.8, 4) is 17.4 Å². The van der Waals surface area contributed by atoms with Crippen LogP contribution in [0.5, 0.6) is 17.4 Å². The number of ether oxygens (including phenoxy) is 1. The van der Waals surface area contributed by atoms with Crippen molar-refractivity contribution in [3.05, 3.63) is 53.8 Å². The van der Waals surface area contributed by atoms with E-state index < -0.39 is 36.5 Å². The number of aliphatic carboxylic acids is 1. The first-order valence-electron chi connectivity index (χ1n) is 11.8. The number of aromatic hydroxyl groups is 1. The summed E-state index contributed by atoms with van der Waals surface area (Å²) in [5.41, 5.74) is 0. The predicted octanol–water partition coefficient (Wildman–Crippen LogP) is 3.65. The molecule has 2 aromatic heterocycles. The molecule has 37 heavy (non-hydrogen) atoms. The molecule has 3 rings (SSSR count). The summed E-state index contributed by atoms with van der Waals surface area (Å²) in [6.45, 7) is 3.91. The molecule has 1 aromatic carbocycles. The fourth-order valence-electron chi connectivity index (χ4n) is 3.82. The molecule has 0 saturated carbocycles. The molecular weight excluding hydrogens is 504 g/mol. The third-order valence-corrected chi connectivity index (χ3v) is 5.76. The van der Waals surface area contributed by atoms with Crippen LogP contribution in [0.1, 0.15) is 39.2 Å². The average Bonchev–Trinajstić information content (AvgIpc) is 3.38. The van der Waals surface area contributed by atoms with Crippen LogP contribution in [0.25, 0.3) is 0 Å². The number of amides is 1. The van der Waals surface area contributed by atoms with Gasteiger partial charge in [-0.25, -0.2) is 0 Å². The minimum absolute atomic E-state index is 0.00308. The number of nitrogens with one attached hydrogen (secondary N) is 1. The quantitative estimate of drug-likeness (QED) is 0.222. The zero-order chi connectivity index (χ0) is 27.1. The summed E-state index contributed by atoms with van der Waals surface area (Å²) in [6.07, 6.45) is 0.688. The summed E-state index contributed by atoms with van der Waals surface area (Å²) in [5.74, 6) is -0.643. The number of carboxylic acid groups (broad SMARTS) is 1. The Hall–Kier alpha value is -3.54. The highest BCUT2D eigenvalue weighted by Crippen LogP contribution is 2.34. The summed E-state index contributed by atoms with van der Waals surface area (Å²) in [5, 5.41) is 46.5. The van der Waals surface area contributed by atoms with Gasteiger partial charge in [-0.1, -0.05) is 37.6 Å². The van der Waals surface area contributed by atoms with Crippen molar-refractivity contribution < 1.29 is 34.8 Å². The molecular formula is C25H31ClN4O7. The standard InChI is InChI=1S/C25H31ClN4O7/c1-15(2)9-20(30-14-18(12-23(30)33)37-21-6-4-3-5-19(21)26)25(36)27-22-7-8-29(28-22)13-17(32)10-16(31)11-24(34)35/h3-8,12,14-17,20,31-33H,9-11,13H2,1-2H3,(H,34,35)(H,27,28,36)/t16-,17+,20+/m1/s1. The largest absolute Gasteiger partial charge is 0.494 e. The van der Waals surface area contributed by atoms with Gasteiger partial charge < -0.3 is 35.0 Å². The first kappa shape index (κ1) is 28.0. The molecule has 1 amide bonds. The first-order chi connectivity index (χ1) is 17.5. The molecule has 3 aromatic rings. The van der Waals surface area contributed by atoms with Gasteiger partial charge in [0.25, 0.3) is 0 Å². The van der Waals surface area contributed by atoms with Crippen LogP contribution in [0, 0.1) is 5.92 Å². The Kier molecular flexibility index (Phi) is 9.56. The zero-order valence-corrected chi connectivity index (χ0v) is 21.2. The second-order valence-corrected chi connectivity index (χ2v) is 9.58. The van der Waals surface area contributed by atoms with Gasteiger partial charge in [0, 0.05) is 24.8 Å². The minimum atomic E-state index is -1.18. The van der Waals surface area contributed by atoms with Crippen LogP contribution in [0.3, 0.4) is 0 Å². The second-order valence-electron chi connectivity index (χ2n) is 9.17. The van der Waals surface area contributed by atoms with Crippen molar-refractivity contribution in [2.45, 2.75) is 57.9 Å². The lowest BCUT2D eigenvalue weighted by Crippen LogP contribution is -2.27. The van der Waals surface area contributed by atoms with Crippen molar-refractivity contribution >= 4 is 29.3 Å². The number of aliphatic hydroxyl groups is 2. The topological polar surface area (TPSA) is 159 Å². The number of hydrogen-bond acceptors (Lipinski definition) is 7. The number of rotatable bonds is 13. The van der Waals surface area contributed by atoms with Crippen molar-refractivity contribution in [1.29, 1.82) is 0 Å². The molecule has 0 spiro atoms. The zero-order valence-electron chi connectivity index (χ0n) is 20.5. The fraction of sp³-hybridized carbons (Fsp3) is 0.400. The van der Waals surface area contributed by atoms with Crippen LogP contribution in [-0.2, 0) is 16.1 Å². The molecule has 0 unspecified atom stereocenters. The van der Waals surface area contributed by atoms with Crippen LogP contribution in [0.4, 0.5) is 5.82 Å².